The van der Waals surface area contributed by atoms with Gasteiger partial charge in [-0.25, -0.2) is 18.1 Å². The molecule has 1 amide bonds. The summed E-state index contributed by atoms with van der Waals surface area (Å²) in [6.07, 6.45) is 6.13. The first-order valence-electron chi connectivity index (χ1n) is 10.5. The number of aromatic nitrogens is 1. The summed E-state index contributed by atoms with van der Waals surface area (Å²) in [5, 5.41) is 12.3. The number of hydrogen-bond donors (Lipinski definition) is 1. The van der Waals surface area contributed by atoms with Crippen LogP contribution in [0.5, 0.6) is 0 Å². The number of aliphatic imine (C=N–C) groups is 1. The van der Waals surface area contributed by atoms with E-state index < -0.39 is 38.5 Å². The minimum Gasteiger partial charge on any atom is -0.439 e. The van der Waals surface area contributed by atoms with Crippen LogP contribution in [-0.4, -0.2) is 54.6 Å². The average Bonchev–Trinajstić information content (AvgIpc) is 3.48. The second kappa shape index (κ2) is 9.56. The fraction of sp³-hybridized carbons (Fsp3) is 0.450. The van der Waals surface area contributed by atoms with Gasteiger partial charge in [-0.15, -0.1) is 11.3 Å². The number of oxazole rings is 1. The van der Waals surface area contributed by atoms with Crippen LogP contribution in [0.3, 0.4) is 0 Å². The van der Waals surface area contributed by atoms with Crippen LogP contribution in [0.25, 0.3) is 0 Å². The van der Waals surface area contributed by atoms with Gasteiger partial charge < -0.3 is 4.42 Å². The second-order valence-electron chi connectivity index (χ2n) is 7.94. The minimum absolute atomic E-state index is 0.0419. The van der Waals surface area contributed by atoms with Gasteiger partial charge in [0, 0.05) is 42.6 Å². The van der Waals surface area contributed by atoms with Crippen molar-refractivity contribution in [2.45, 2.75) is 42.1 Å². The number of amides is 1. The molecule has 2 aliphatic heterocycles. The lowest BCUT2D eigenvalue weighted by atomic mass is 9.89. The van der Waals surface area contributed by atoms with Gasteiger partial charge in [-0.3, -0.25) is 24.8 Å². The van der Waals surface area contributed by atoms with E-state index in [1.807, 2.05) is 6.92 Å². The Labute approximate surface area is 204 Å². The topological polar surface area (TPSA) is 148 Å². The van der Waals surface area contributed by atoms with Gasteiger partial charge in [0.05, 0.1) is 10.5 Å². The summed E-state index contributed by atoms with van der Waals surface area (Å²) in [5.41, 5.74) is -1.81. The zero-order chi connectivity index (χ0) is 24.5. The normalized spacial score (nSPS) is 23.8. The molecule has 0 aromatic carbocycles. The lowest BCUT2D eigenvalue weighted by molar-refractivity contribution is -0.577. The number of aryl methyl sites for hydroxylation is 1. The van der Waals surface area contributed by atoms with Gasteiger partial charge in [0.1, 0.15) is 9.97 Å². The zero-order valence-electron chi connectivity index (χ0n) is 18.1. The van der Waals surface area contributed by atoms with E-state index >= 15 is 0 Å². The van der Waals surface area contributed by atoms with Gasteiger partial charge >= 0.3 is 5.54 Å². The minimum atomic E-state index is -4.01. The van der Waals surface area contributed by atoms with Gasteiger partial charge in [0.25, 0.3) is 15.9 Å². The molecule has 2 aromatic rings. The number of dihydropyridines is 1. The summed E-state index contributed by atoms with van der Waals surface area (Å²) < 4.78 is 32.9. The lowest BCUT2D eigenvalue weighted by Gasteiger charge is -2.39. The summed E-state index contributed by atoms with van der Waals surface area (Å²) in [7, 11) is -4.01. The molecule has 2 aliphatic rings. The lowest BCUT2D eigenvalue weighted by Crippen LogP contribution is -2.56. The van der Waals surface area contributed by atoms with E-state index in [9.17, 15) is 23.3 Å². The van der Waals surface area contributed by atoms with Crippen molar-refractivity contribution in [3.63, 3.8) is 0 Å². The molecule has 0 bridgehead atoms. The number of thiophene rings is 1. The van der Waals surface area contributed by atoms with Crippen LogP contribution in [0.2, 0.25) is 4.34 Å². The maximum Gasteiger partial charge on any atom is 0.349 e. The molecule has 2 atom stereocenters. The Bertz CT molecular complexity index is 1250. The molecule has 0 spiro atoms. The first-order chi connectivity index (χ1) is 16.2. The Morgan fingerprint density at radius 2 is 2.15 bits per heavy atom. The fourth-order valence-corrected chi connectivity index (χ4v) is 6.61. The van der Waals surface area contributed by atoms with Crippen molar-refractivity contribution in [1.29, 1.82) is 0 Å². The molecule has 4 heterocycles. The van der Waals surface area contributed by atoms with Crippen LogP contribution in [0.1, 0.15) is 31.4 Å². The number of rotatable bonds is 7. The monoisotopic (exact) mass is 527 g/mol. The number of piperidine rings is 1. The van der Waals surface area contributed by atoms with Crippen LogP contribution in [0.15, 0.2) is 44.1 Å². The Kier molecular flexibility index (Phi) is 6.90. The Balaban J connectivity index is 1.48. The molecule has 182 valence electrons. The molecule has 4 rings (SSSR count). The third kappa shape index (κ3) is 4.52. The number of halogens is 1. The van der Waals surface area contributed by atoms with Crippen LogP contribution >= 0.6 is 22.9 Å². The predicted octanol–water partition coefficient (Wildman–Crippen LogP) is 2.61. The number of nitrogens with one attached hydrogen (secondary N) is 1. The summed E-state index contributed by atoms with van der Waals surface area (Å²) >= 11 is 6.66. The number of sulfonamides is 1. The molecule has 34 heavy (non-hydrogen) atoms. The summed E-state index contributed by atoms with van der Waals surface area (Å²) in [4.78, 5) is 34.9. The molecule has 14 heteroatoms. The molecule has 1 fully saturated rings. The molecule has 0 saturated carbocycles. The van der Waals surface area contributed by atoms with E-state index in [-0.39, 0.29) is 10.1 Å². The van der Waals surface area contributed by atoms with Gasteiger partial charge in [-0.05, 0) is 31.1 Å². The quantitative estimate of drug-likeness (QED) is 0.426. The van der Waals surface area contributed by atoms with Crippen LogP contribution in [-0.2, 0) is 26.8 Å². The Morgan fingerprint density at radius 1 is 1.41 bits per heavy atom. The molecule has 0 radical (unpaired) electrons. The molecule has 0 aliphatic carbocycles. The summed E-state index contributed by atoms with van der Waals surface area (Å²) in [5.74, 6) is -0.699. The molecule has 2 unspecified atom stereocenters. The van der Waals surface area contributed by atoms with Crippen molar-refractivity contribution in [1.82, 2.24) is 14.6 Å². The zero-order valence-corrected chi connectivity index (χ0v) is 20.5. The molecular formula is C20H22ClN5O6S2. The van der Waals surface area contributed by atoms with Crippen molar-refractivity contribution in [2.75, 3.05) is 13.1 Å². The highest BCUT2D eigenvalue weighted by molar-refractivity contribution is 7.92. The van der Waals surface area contributed by atoms with E-state index in [2.05, 4.69) is 14.7 Å². The van der Waals surface area contributed by atoms with Crippen molar-refractivity contribution >= 4 is 45.1 Å². The SMILES string of the molecule is CCc1cnc(C2([N+](=O)[O-])C=CC=NC2N2CCC(C(=O)NS(=O)(=O)c3ccc(Cl)s3)CC2)o1. The molecule has 1 saturated heterocycles. The fourth-order valence-electron chi connectivity index (χ4n) is 4.08. The number of allylic oxidation sites excluding steroid dienone is 1. The predicted molar refractivity (Wildman–Crippen MR) is 125 cm³/mol. The maximum absolute atomic E-state index is 12.7. The number of nitro groups is 1. The highest BCUT2D eigenvalue weighted by Gasteiger charge is 2.58. The van der Waals surface area contributed by atoms with Gasteiger partial charge in [-0.1, -0.05) is 18.5 Å². The van der Waals surface area contributed by atoms with E-state index in [4.69, 9.17) is 16.0 Å². The van der Waals surface area contributed by atoms with E-state index in [1.165, 1.54) is 36.7 Å². The van der Waals surface area contributed by atoms with Crippen LogP contribution < -0.4 is 4.72 Å². The van der Waals surface area contributed by atoms with E-state index in [1.54, 1.807) is 4.90 Å². The highest BCUT2D eigenvalue weighted by Crippen LogP contribution is 2.37. The summed E-state index contributed by atoms with van der Waals surface area (Å²) in [6, 6.07) is 2.78. The molecule has 1 N–H and O–H groups in total. The van der Waals surface area contributed by atoms with Crippen molar-refractivity contribution in [3.05, 3.63) is 56.6 Å². The number of hydrogen-bond acceptors (Lipinski definition) is 10. The molecule has 2 aromatic heterocycles. The Morgan fingerprint density at radius 3 is 2.74 bits per heavy atom. The third-order valence-electron chi connectivity index (χ3n) is 5.90. The number of carbonyl (C=O) groups is 1. The Hall–Kier alpha value is -2.61. The average molecular weight is 528 g/mol. The maximum atomic E-state index is 12.7. The highest BCUT2D eigenvalue weighted by atomic mass is 35.5. The van der Waals surface area contributed by atoms with E-state index in [0.717, 1.165) is 11.3 Å². The largest absolute Gasteiger partial charge is 0.439 e. The smallest absolute Gasteiger partial charge is 0.349 e. The first kappa shape index (κ1) is 24.5. The van der Waals surface area contributed by atoms with Crippen molar-refractivity contribution < 1.29 is 22.6 Å². The van der Waals surface area contributed by atoms with Gasteiger partial charge in [0.2, 0.25) is 5.91 Å². The second-order valence-corrected chi connectivity index (χ2v) is 11.6. The van der Waals surface area contributed by atoms with Crippen LogP contribution in [0, 0.1) is 16.0 Å². The van der Waals surface area contributed by atoms with Crippen molar-refractivity contribution in [2.24, 2.45) is 10.9 Å². The van der Waals surface area contributed by atoms with E-state index in [0.29, 0.717) is 42.4 Å². The molecular weight excluding hydrogens is 506 g/mol. The van der Waals surface area contributed by atoms with Crippen LogP contribution in [0.4, 0.5) is 0 Å². The van der Waals surface area contributed by atoms with Crippen molar-refractivity contribution in [3.8, 4) is 0 Å². The van der Waals surface area contributed by atoms with Gasteiger partial charge in [-0.2, -0.15) is 0 Å². The standard InChI is InChI=1S/C20H22ClN5O6S2/c1-2-14-12-23-19(32-14)20(26(28)29)8-3-9-22-18(20)25-10-6-13(7-11-25)17(27)24-34(30,31)16-5-4-15(21)33-16/h3-5,8-9,12-13,18H,2,6-7,10-11H2,1H3,(H,24,27). The first-order valence-corrected chi connectivity index (χ1v) is 13.2. The number of likely N-dealkylation sites (tertiary alicyclic amines) is 1. The number of nitrogens with zero attached hydrogens (tertiary/aromatic N) is 4. The molecule has 11 nitrogen and oxygen atoms in total. The van der Waals surface area contributed by atoms with Gasteiger partial charge in [0.15, 0.2) is 6.17 Å². The third-order valence-corrected chi connectivity index (χ3v) is 8.97. The summed E-state index contributed by atoms with van der Waals surface area (Å²) in [6.45, 7) is 2.46. The number of carbonyl (C=O) groups excluding carboxylic acids is 1.